The van der Waals surface area contributed by atoms with Crippen molar-refractivity contribution in [2.45, 2.75) is 30.6 Å². The number of hydrogen-bond donors (Lipinski definition) is 2. The molecule has 2 aromatic carbocycles. The SMILES string of the molecule is O=C1COc2ccc(S(=O)(=O)N3CCN(C(=O)c4cccc5c6c([nH]c45)CCCC6)CC3)cc2N1. The number of hydrogen-bond acceptors (Lipinski definition) is 5. The van der Waals surface area contributed by atoms with Crippen LogP contribution in [0, 0.1) is 0 Å². The van der Waals surface area contributed by atoms with Crippen molar-refractivity contribution in [3.8, 4) is 5.75 Å². The molecule has 3 heterocycles. The zero-order valence-corrected chi connectivity index (χ0v) is 20.0. The molecule has 3 aliphatic rings. The van der Waals surface area contributed by atoms with E-state index in [1.165, 1.54) is 27.7 Å². The number of para-hydroxylation sites is 1. The Kier molecular flexibility index (Phi) is 5.30. The fourth-order valence-corrected chi connectivity index (χ4v) is 6.73. The van der Waals surface area contributed by atoms with E-state index in [0.29, 0.717) is 30.1 Å². The highest BCUT2D eigenvalue weighted by Gasteiger charge is 2.32. The van der Waals surface area contributed by atoms with Crippen molar-refractivity contribution in [2.75, 3.05) is 38.1 Å². The summed E-state index contributed by atoms with van der Waals surface area (Å²) < 4.78 is 33.2. The largest absolute Gasteiger partial charge is 0.482 e. The van der Waals surface area contributed by atoms with Crippen LogP contribution in [0.1, 0.15) is 34.5 Å². The lowest BCUT2D eigenvalue weighted by Gasteiger charge is -2.34. The number of fused-ring (bicyclic) bond motifs is 4. The summed E-state index contributed by atoms with van der Waals surface area (Å²) in [7, 11) is -3.78. The fraction of sp³-hybridized carbons (Fsp3) is 0.360. The number of benzene rings is 2. The predicted molar refractivity (Wildman–Crippen MR) is 130 cm³/mol. The molecule has 10 heteroatoms. The zero-order chi connectivity index (χ0) is 24.2. The Bertz CT molecular complexity index is 1450. The number of aromatic amines is 1. The van der Waals surface area contributed by atoms with Crippen molar-refractivity contribution in [3.05, 3.63) is 53.2 Å². The van der Waals surface area contributed by atoms with Gasteiger partial charge in [-0.3, -0.25) is 9.59 Å². The second-order valence-electron chi connectivity index (χ2n) is 9.21. The van der Waals surface area contributed by atoms with Crippen molar-refractivity contribution in [1.29, 1.82) is 0 Å². The molecular weight excluding hydrogens is 468 g/mol. The average molecular weight is 495 g/mol. The monoisotopic (exact) mass is 494 g/mol. The van der Waals surface area contributed by atoms with Gasteiger partial charge < -0.3 is 19.9 Å². The number of aromatic nitrogens is 1. The number of ether oxygens (including phenoxy) is 1. The lowest BCUT2D eigenvalue weighted by molar-refractivity contribution is -0.118. The highest BCUT2D eigenvalue weighted by molar-refractivity contribution is 7.89. The lowest BCUT2D eigenvalue weighted by Crippen LogP contribution is -2.50. The maximum absolute atomic E-state index is 13.4. The van der Waals surface area contributed by atoms with Crippen molar-refractivity contribution in [1.82, 2.24) is 14.2 Å². The van der Waals surface area contributed by atoms with Crippen LogP contribution >= 0.6 is 0 Å². The summed E-state index contributed by atoms with van der Waals surface area (Å²) >= 11 is 0. The molecule has 6 rings (SSSR count). The molecule has 1 fully saturated rings. The maximum Gasteiger partial charge on any atom is 0.262 e. The number of aryl methyl sites for hydroxylation is 2. The summed E-state index contributed by atoms with van der Waals surface area (Å²) in [5.41, 5.74) is 4.42. The molecule has 1 aromatic heterocycles. The molecule has 1 saturated heterocycles. The average Bonchev–Trinajstić information content (AvgIpc) is 3.27. The minimum absolute atomic E-state index is 0.0834. The van der Waals surface area contributed by atoms with Crippen molar-refractivity contribution < 1.29 is 22.7 Å². The van der Waals surface area contributed by atoms with Crippen molar-refractivity contribution in [2.24, 2.45) is 0 Å². The van der Waals surface area contributed by atoms with Gasteiger partial charge in [0.05, 0.1) is 21.7 Å². The van der Waals surface area contributed by atoms with E-state index in [-0.39, 0.29) is 36.4 Å². The first-order valence-electron chi connectivity index (χ1n) is 11.9. The normalized spacial score (nSPS) is 18.5. The molecule has 2 aliphatic heterocycles. The number of anilines is 1. The third-order valence-electron chi connectivity index (χ3n) is 7.11. The Morgan fingerprint density at radius 1 is 1.00 bits per heavy atom. The highest BCUT2D eigenvalue weighted by Crippen LogP contribution is 2.33. The van der Waals surface area contributed by atoms with E-state index in [9.17, 15) is 18.0 Å². The Balaban J connectivity index is 1.20. The van der Waals surface area contributed by atoms with Crippen LogP contribution in [0.3, 0.4) is 0 Å². The molecule has 3 aromatic rings. The van der Waals surface area contributed by atoms with Gasteiger partial charge in [-0.05, 0) is 55.5 Å². The van der Waals surface area contributed by atoms with Gasteiger partial charge in [0.2, 0.25) is 10.0 Å². The molecule has 0 atom stereocenters. The van der Waals surface area contributed by atoms with Crippen LogP contribution in [0.4, 0.5) is 5.69 Å². The summed E-state index contributed by atoms with van der Waals surface area (Å²) in [5, 5.41) is 3.77. The molecule has 182 valence electrons. The number of carbonyl (C=O) groups is 2. The smallest absolute Gasteiger partial charge is 0.262 e. The molecule has 0 unspecified atom stereocenters. The summed E-state index contributed by atoms with van der Waals surface area (Å²) in [6, 6.07) is 10.3. The van der Waals surface area contributed by atoms with Crippen LogP contribution in [-0.2, 0) is 27.7 Å². The minimum Gasteiger partial charge on any atom is -0.482 e. The van der Waals surface area contributed by atoms with Crippen LogP contribution in [0.25, 0.3) is 10.9 Å². The molecule has 1 aliphatic carbocycles. The van der Waals surface area contributed by atoms with Crippen LogP contribution in [0.2, 0.25) is 0 Å². The number of sulfonamides is 1. The van der Waals surface area contributed by atoms with E-state index in [1.54, 1.807) is 11.0 Å². The number of H-pyrrole nitrogens is 1. The van der Waals surface area contributed by atoms with Crippen molar-refractivity contribution >= 4 is 38.4 Å². The van der Waals surface area contributed by atoms with Crippen LogP contribution in [0.5, 0.6) is 5.75 Å². The third-order valence-corrected chi connectivity index (χ3v) is 9.01. The second-order valence-corrected chi connectivity index (χ2v) is 11.1. The summed E-state index contributed by atoms with van der Waals surface area (Å²) in [4.78, 5) is 30.3. The molecule has 0 radical (unpaired) electrons. The molecule has 0 saturated carbocycles. The molecule has 2 N–H and O–H groups in total. The quantitative estimate of drug-likeness (QED) is 0.581. The Labute approximate surface area is 203 Å². The number of rotatable bonds is 3. The van der Waals surface area contributed by atoms with E-state index in [4.69, 9.17) is 4.74 Å². The highest BCUT2D eigenvalue weighted by atomic mass is 32.2. The second kappa shape index (κ2) is 8.39. The van der Waals surface area contributed by atoms with E-state index < -0.39 is 10.0 Å². The van der Waals surface area contributed by atoms with E-state index in [1.807, 2.05) is 12.1 Å². The Morgan fingerprint density at radius 3 is 2.63 bits per heavy atom. The topological polar surface area (TPSA) is 112 Å². The first-order valence-corrected chi connectivity index (χ1v) is 13.3. The van der Waals surface area contributed by atoms with Crippen LogP contribution in [-0.4, -0.2) is 67.2 Å². The predicted octanol–water partition coefficient (Wildman–Crippen LogP) is 2.52. The van der Waals surface area contributed by atoms with Gasteiger partial charge >= 0.3 is 0 Å². The Morgan fingerprint density at radius 2 is 1.80 bits per heavy atom. The number of amides is 2. The van der Waals surface area contributed by atoms with Gasteiger partial charge in [-0.15, -0.1) is 0 Å². The van der Waals surface area contributed by atoms with Gasteiger partial charge in [0.15, 0.2) is 6.61 Å². The van der Waals surface area contributed by atoms with Gasteiger partial charge in [0.25, 0.3) is 11.8 Å². The van der Waals surface area contributed by atoms with Crippen LogP contribution < -0.4 is 10.1 Å². The first-order chi connectivity index (χ1) is 16.9. The van der Waals surface area contributed by atoms with Gasteiger partial charge in [-0.2, -0.15) is 4.31 Å². The molecule has 9 nitrogen and oxygen atoms in total. The van der Waals surface area contributed by atoms with E-state index >= 15 is 0 Å². The Hall–Kier alpha value is -3.37. The minimum atomic E-state index is -3.78. The standard InChI is InChI=1S/C25H26N4O5S/c30-23-15-34-22-9-8-16(14-21(22)26-23)35(32,33)29-12-10-28(11-13-29)25(31)19-6-3-5-18-17-4-1-2-7-20(17)27-24(18)19/h3,5-6,8-9,14,27H,1-2,4,7,10-13,15H2,(H,26,30). The van der Waals surface area contributed by atoms with Gasteiger partial charge in [-0.25, -0.2) is 8.42 Å². The summed E-state index contributed by atoms with van der Waals surface area (Å²) in [5.74, 6) is 0.0381. The van der Waals surface area contributed by atoms with Crippen molar-refractivity contribution in [3.63, 3.8) is 0 Å². The third kappa shape index (κ3) is 3.77. The van der Waals surface area contributed by atoms with Gasteiger partial charge in [-0.1, -0.05) is 12.1 Å². The number of piperazine rings is 1. The molecular formula is C25H26N4O5S. The molecule has 0 bridgehead atoms. The van der Waals surface area contributed by atoms with Gasteiger partial charge in [0, 0.05) is 37.3 Å². The van der Waals surface area contributed by atoms with Gasteiger partial charge in [0.1, 0.15) is 5.75 Å². The zero-order valence-electron chi connectivity index (χ0n) is 19.2. The molecule has 2 amide bonds. The number of nitrogens with zero attached hydrogens (tertiary/aromatic N) is 2. The summed E-state index contributed by atoms with van der Waals surface area (Å²) in [6.45, 7) is 0.920. The number of carbonyl (C=O) groups excluding carboxylic acids is 2. The summed E-state index contributed by atoms with van der Waals surface area (Å²) in [6.07, 6.45) is 4.36. The first kappa shape index (κ1) is 22.1. The van der Waals surface area contributed by atoms with Crippen LogP contribution in [0.15, 0.2) is 41.3 Å². The van der Waals surface area contributed by atoms with E-state index in [0.717, 1.165) is 36.6 Å². The van der Waals surface area contributed by atoms with E-state index in [2.05, 4.69) is 16.4 Å². The molecule has 0 spiro atoms. The molecule has 35 heavy (non-hydrogen) atoms. The number of nitrogens with one attached hydrogen (secondary N) is 2. The fourth-order valence-electron chi connectivity index (χ4n) is 5.28. The maximum atomic E-state index is 13.4. The lowest BCUT2D eigenvalue weighted by atomic mass is 9.95.